The van der Waals surface area contributed by atoms with Gasteiger partial charge in [0.1, 0.15) is 36.1 Å². The number of phenolic OH excluding ortho intramolecular Hbond substituents is 1. The Morgan fingerprint density at radius 3 is 2.10 bits per heavy atom. The van der Waals surface area contributed by atoms with Crippen molar-refractivity contribution in [3.8, 4) is 5.75 Å². The molecule has 2 aromatic carbocycles. The number of carbonyl (C=O) groups is 5. The fourth-order valence-electron chi connectivity index (χ4n) is 7.31. The van der Waals surface area contributed by atoms with Gasteiger partial charge in [-0.05, 0) is 69.7 Å². The van der Waals surface area contributed by atoms with Crippen LogP contribution < -0.4 is 26.6 Å². The van der Waals surface area contributed by atoms with Crippen molar-refractivity contribution in [1.29, 1.82) is 0 Å². The number of amides is 4. The predicted molar refractivity (Wildman–Crippen MR) is 208 cm³/mol. The number of rotatable bonds is 18. The van der Waals surface area contributed by atoms with Crippen molar-refractivity contribution >= 4 is 29.6 Å². The number of nitrogens with one attached hydrogen (secondary N) is 5. The van der Waals surface area contributed by atoms with Gasteiger partial charge in [-0.3, -0.25) is 19.2 Å². The lowest BCUT2D eigenvalue weighted by atomic mass is 9.96. The molecule has 3 aliphatic heterocycles. The zero-order valence-electron chi connectivity index (χ0n) is 34.1. The summed E-state index contributed by atoms with van der Waals surface area (Å²) in [6.45, 7) is 10.2. The number of fused-ring (bicyclic) bond motifs is 3. The molecule has 0 spiro atoms. The van der Waals surface area contributed by atoms with Crippen molar-refractivity contribution in [1.82, 2.24) is 26.6 Å². The molecule has 0 bridgehead atoms. The normalized spacial score (nSPS) is 24.4. The zero-order valence-corrected chi connectivity index (χ0v) is 34.1. The number of phenols is 1. The van der Waals surface area contributed by atoms with Gasteiger partial charge in [0.2, 0.25) is 29.4 Å². The number of ether oxygens (including phenoxy) is 6. The van der Waals surface area contributed by atoms with Crippen molar-refractivity contribution < 1.29 is 57.5 Å². The molecular formula is C41H57N5O12. The molecule has 3 aliphatic rings. The molecular weight excluding hydrogens is 754 g/mol. The molecule has 0 aliphatic carbocycles. The van der Waals surface area contributed by atoms with Gasteiger partial charge < -0.3 is 60.1 Å². The second-order valence-electron chi connectivity index (χ2n) is 16.1. The monoisotopic (exact) mass is 811 g/mol. The minimum Gasteiger partial charge on any atom is -0.508 e. The quantitative estimate of drug-likeness (QED) is 0.116. The van der Waals surface area contributed by atoms with Crippen LogP contribution in [0.1, 0.15) is 59.1 Å². The first-order valence-corrected chi connectivity index (χ1v) is 19.5. The molecule has 2 aromatic rings. The number of aromatic hydroxyl groups is 1. The summed E-state index contributed by atoms with van der Waals surface area (Å²) in [6.07, 6.45) is -0.965. The van der Waals surface area contributed by atoms with Gasteiger partial charge in [0, 0.05) is 6.42 Å². The van der Waals surface area contributed by atoms with Crippen LogP contribution in [0.15, 0.2) is 54.6 Å². The van der Waals surface area contributed by atoms with Crippen molar-refractivity contribution in [2.75, 3.05) is 33.4 Å². The van der Waals surface area contributed by atoms with Crippen LogP contribution in [0.2, 0.25) is 0 Å². The molecule has 17 nitrogen and oxygen atoms in total. The van der Waals surface area contributed by atoms with E-state index in [0.717, 1.165) is 11.1 Å². The van der Waals surface area contributed by atoms with Gasteiger partial charge >= 0.3 is 5.97 Å². The SMILES string of the molecule is COC(=O)[C@H](CC(C)C)NC(=O)[C@H](Cc1ccccc1)NC(=O)CNC(=O)CNC(=O)[C@H](Cc1ccc(O)cc1)NC[C@@]12OC[C@H]3OC(C)(C)O[C@H]3[C@@H]1OC(C)(C)O2. The van der Waals surface area contributed by atoms with Gasteiger partial charge in [-0.25, -0.2) is 4.79 Å². The maximum absolute atomic E-state index is 13.7. The smallest absolute Gasteiger partial charge is 0.328 e. The van der Waals surface area contributed by atoms with Gasteiger partial charge in [-0.1, -0.05) is 56.3 Å². The van der Waals surface area contributed by atoms with Crippen molar-refractivity contribution in [3.63, 3.8) is 0 Å². The van der Waals surface area contributed by atoms with Crippen LogP contribution >= 0.6 is 0 Å². The number of esters is 1. The summed E-state index contributed by atoms with van der Waals surface area (Å²) in [5.74, 6) is -6.15. The molecule has 7 atom stereocenters. The molecule has 17 heteroatoms. The predicted octanol–water partition coefficient (Wildman–Crippen LogP) is 0.955. The van der Waals surface area contributed by atoms with Gasteiger partial charge in [-0.2, -0.15) is 0 Å². The maximum atomic E-state index is 13.7. The maximum Gasteiger partial charge on any atom is 0.328 e. The standard InChI is InChI=1S/C41H57N5O12/c1-24(2)17-30(38(52)53-7)46-37(51)29(19-25-11-9-8-10-12-25)45-33(49)21-42-32(48)20-43-36(50)28(18-26-13-15-27(47)16-14-26)44-23-41-35(57-40(5,6)58-41)34-31(22-54-41)55-39(3,4)56-34/h8-16,24,28-31,34-35,44,47H,17-23H2,1-7H3,(H,42,48)(H,43,50)(H,45,49)(H,46,51)/t28-,29-,30-,31+,34+,35-,41-/m0/s1. The highest BCUT2D eigenvalue weighted by atomic mass is 16.9. The Morgan fingerprint density at radius 2 is 1.43 bits per heavy atom. The fourth-order valence-corrected chi connectivity index (χ4v) is 7.31. The average Bonchev–Trinajstić information content (AvgIpc) is 3.65. The Bertz CT molecular complexity index is 1760. The largest absolute Gasteiger partial charge is 0.508 e. The molecule has 3 fully saturated rings. The van der Waals surface area contributed by atoms with E-state index in [4.69, 9.17) is 28.4 Å². The van der Waals surface area contributed by atoms with E-state index in [-0.39, 0.29) is 43.8 Å². The Morgan fingerprint density at radius 1 is 0.776 bits per heavy atom. The number of benzene rings is 2. The van der Waals surface area contributed by atoms with E-state index in [1.165, 1.54) is 19.2 Å². The van der Waals surface area contributed by atoms with Gasteiger partial charge in [0.25, 0.3) is 0 Å². The van der Waals surface area contributed by atoms with Crippen LogP contribution in [0.3, 0.4) is 0 Å². The summed E-state index contributed by atoms with van der Waals surface area (Å²) >= 11 is 0. The first kappa shape index (κ1) is 44.5. The Kier molecular flexibility index (Phi) is 14.5. The number of hydrogen-bond acceptors (Lipinski definition) is 13. The third-order valence-electron chi connectivity index (χ3n) is 9.88. The number of carbonyl (C=O) groups excluding carboxylic acids is 5. The Hall–Kier alpha value is -4.65. The summed E-state index contributed by atoms with van der Waals surface area (Å²) < 4.78 is 36.0. The third-order valence-corrected chi connectivity index (χ3v) is 9.88. The van der Waals surface area contributed by atoms with Crippen LogP contribution in [0, 0.1) is 5.92 Å². The highest BCUT2D eigenvalue weighted by Gasteiger charge is 2.65. The molecule has 0 radical (unpaired) electrons. The lowest BCUT2D eigenvalue weighted by molar-refractivity contribution is -0.278. The van der Waals surface area contributed by atoms with Crippen LogP contribution in [0.4, 0.5) is 0 Å². The van der Waals surface area contributed by atoms with Crippen LogP contribution in [-0.2, 0) is 65.2 Å². The molecule has 0 saturated carbocycles. The van der Waals surface area contributed by atoms with Crippen LogP contribution in [0.25, 0.3) is 0 Å². The van der Waals surface area contributed by atoms with Crippen molar-refractivity contribution in [2.45, 2.75) is 115 Å². The summed E-state index contributed by atoms with van der Waals surface area (Å²) in [6, 6.07) is 12.5. The molecule has 0 unspecified atom stereocenters. The first-order valence-electron chi connectivity index (χ1n) is 19.5. The Balaban J connectivity index is 1.20. The summed E-state index contributed by atoms with van der Waals surface area (Å²) in [7, 11) is 1.24. The zero-order chi connectivity index (χ0) is 42.3. The molecule has 6 N–H and O–H groups in total. The lowest BCUT2D eigenvalue weighted by Crippen LogP contribution is -2.64. The number of hydrogen-bond donors (Lipinski definition) is 6. The average molecular weight is 812 g/mol. The van der Waals surface area contributed by atoms with Gasteiger partial charge in [0.05, 0.1) is 39.4 Å². The van der Waals surface area contributed by atoms with E-state index in [0.29, 0.717) is 6.42 Å². The van der Waals surface area contributed by atoms with E-state index in [1.807, 2.05) is 33.8 Å². The fraction of sp³-hybridized carbons (Fsp3) is 0.585. The molecule has 4 amide bonds. The molecule has 318 valence electrons. The lowest BCUT2D eigenvalue weighted by Gasteiger charge is -2.41. The Labute approximate surface area is 338 Å². The van der Waals surface area contributed by atoms with E-state index < -0.39 is 90.4 Å². The van der Waals surface area contributed by atoms with Crippen LogP contribution in [-0.4, -0.2) is 122 Å². The molecule has 58 heavy (non-hydrogen) atoms. The minimum atomic E-state index is -1.34. The van der Waals surface area contributed by atoms with E-state index in [2.05, 4.69) is 26.6 Å². The molecule has 0 aromatic heterocycles. The summed E-state index contributed by atoms with van der Waals surface area (Å²) in [4.78, 5) is 65.6. The third kappa shape index (κ3) is 12.0. The molecule has 3 saturated heterocycles. The summed E-state index contributed by atoms with van der Waals surface area (Å²) in [5.41, 5.74) is 1.48. The van der Waals surface area contributed by atoms with Crippen molar-refractivity contribution in [2.24, 2.45) is 5.92 Å². The van der Waals surface area contributed by atoms with Crippen LogP contribution in [0.5, 0.6) is 5.75 Å². The topological polar surface area (TPSA) is 221 Å². The number of methoxy groups -OCH3 is 1. The second kappa shape index (κ2) is 18.9. The summed E-state index contributed by atoms with van der Waals surface area (Å²) in [5, 5.41) is 23.5. The first-order chi connectivity index (χ1) is 27.4. The minimum absolute atomic E-state index is 0.00617. The van der Waals surface area contributed by atoms with E-state index in [9.17, 15) is 29.1 Å². The second-order valence-corrected chi connectivity index (χ2v) is 16.1. The van der Waals surface area contributed by atoms with Crippen molar-refractivity contribution in [3.05, 3.63) is 65.7 Å². The highest BCUT2D eigenvalue weighted by molar-refractivity contribution is 5.93. The highest BCUT2D eigenvalue weighted by Crippen LogP contribution is 2.47. The molecule has 3 heterocycles. The van der Waals surface area contributed by atoms with E-state index >= 15 is 0 Å². The van der Waals surface area contributed by atoms with Gasteiger partial charge in [0.15, 0.2) is 11.6 Å². The molecule has 5 rings (SSSR count). The van der Waals surface area contributed by atoms with Gasteiger partial charge in [-0.15, -0.1) is 0 Å². The van der Waals surface area contributed by atoms with E-state index in [1.54, 1.807) is 50.2 Å².